The van der Waals surface area contributed by atoms with Crippen LogP contribution in [0.25, 0.3) is 0 Å². The summed E-state index contributed by atoms with van der Waals surface area (Å²) in [7, 11) is 0. The van der Waals surface area contributed by atoms with Gasteiger partial charge in [-0.05, 0) is 55.8 Å². The molecular formula is C16H15BrFNO2. The van der Waals surface area contributed by atoms with E-state index in [9.17, 15) is 9.18 Å². The smallest absolute Gasteiger partial charge is 0.265 e. The first-order chi connectivity index (χ1) is 9.95. The van der Waals surface area contributed by atoms with Gasteiger partial charge >= 0.3 is 0 Å². The van der Waals surface area contributed by atoms with Crippen LogP contribution in [0.15, 0.2) is 46.9 Å². The molecule has 5 heteroatoms. The molecule has 0 saturated carbocycles. The van der Waals surface area contributed by atoms with Crippen LogP contribution in [-0.2, 0) is 4.79 Å². The Balaban J connectivity index is 1.98. The van der Waals surface area contributed by atoms with Crippen LogP contribution in [0, 0.1) is 12.7 Å². The number of carbonyl (C=O) groups excluding carboxylic acids is 1. The van der Waals surface area contributed by atoms with E-state index >= 15 is 0 Å². The highest BCUT2D eigenvalue weighted by Crippen LogP contribution is 2.18. The summed E-state index contributed by atoms with van der Waals surface area (Å²) in [5.74, 6) is -0.0913. The van der Waals surface area contributed by atoms with Crippen LogP contribution in [0.1, 0.15) is 12.5 Å². The Hall–Kier alpha value is -1.88. The molecule has 0 bridgehead atoms. The van der Waals surface area contributed by atoms with Gasteiger partial charge in [-0.25, -0.2) is 4.39 Å². The van der Waals surface area contributed by atoms with E-state index in [-0.39, 0.29) is 11.7 Å². The van der Waals surface area contributed by atoms with Crippen LogP contribution in [0.2, 0.25) is 0 Å². The number of rotatable bonds is 4. The van der Waals surface area contributed by atoms with E-state index in [4.69, 9.17) is 4.74 Å². The molecule has 0 aromatic heterocycles. The first-order valence-corrected chi connectivity index (χ1v) is 7.24. The van der Waals surface area contributed by atoms with Crippen molar-refractivity contribution in [2.75, 3.05) is 5.32 Å². The second kappa shape index (κ2) is 6.72. The van der Waals surface area contributed by atoms with Gasteiger partial charge in [0, 0.05) is 10.2 Å². The number of nitrogens with one attached hydrogen (secondary N) is 1. The molecule has 2 aromatic rings. The minimum atomic E-state index is -0.685. The minimum Gasteiger partial charge on any atom is -0.481 e. The number of benzene rings is 2. The van der Waals surface area contributed by atoms with Gasteiger partial charge in [0.05, 0.1) is 0 Å². The second-order valence-corrected chi connectivity index (χ2v) is 5.58. The van der Waals surface area contributed by atoms with Crippen molar-refractivity contribution in [2.45, 2.75) is 20.0 Å². The molecule has 0 fully saturated rings. The Morgan fingerprint density at radius 2 is 1.90 bits per heavy atom. The fraction of sp³-hybridized carbons (Fsp3) is 0.188. The fourth-order valence-electron chi connectivity index (χ4n) is 1.69. The number of halogens is 2. The average molecular weight is 352 g/mol. The molecule has 0 aliphatic heterocycles. The predicted molar refractivity (Wildman–Crippen MR) is 84.0 cm³/mol. The number of amides is 1. The van der Waals surface area contributed by atoms with Crippen molar-refractivity contribution >= 4 is 27.5 Å². The summed E-state index contributed by atoms with van der Waals surface area (Å²) in [6.07, 6.45) is -0.685. The molecule has 3 nitrogen and oxygen atoms in total. The molecule has 0 radical (unpaired) electrons. The third kappa shape index (κ3) is 4.29. The van der Waals surface area contributed by atoms with Crippen molar-refractivity contribution in [3.05, 3.63) is 58.3 Å². The second-order valence-electron chi connectivity index (χ2n) is 4.67. The Morgan fingerprint density at radius 3 is 2.52 bits per heavy atom. The molecule has 0 saturated heterocycles. The number of hydrogen-bond acceptors (Lipinski definition) is 2. The Bertz CT molecular complexity index is 643. The predicted octanol–water partition coefficient (Wildman–Crippen LogP) is 4.30. The summed E-state index contributed by atoms with van der Waals surface area (Å²) >= 11 is 3.33. The molecule has 21 heavy (non-hydrogen) atoms. The Kier molecular flexibility index (Phi) is 4.96. The molecule has 2 aromatic carbocycles. The third-order valence-corrected chi connectivity index (χ3v) is 3.46. The third-order valence-electron chi connectivity index (χ3n) is 2.94. The summed E-state index contributed by atoms with van der Waals surface area (Å²) in [5.41, 5.74) is 0.946. The maximum absolute atomic E-state index is 13.4. The largest absolute Gasteiger partial charge is 0.481 e. The lowest BCUT2D eigenvalue weighted by Gasteiger charge is -2.15. The van der Waals surface area contributed by atoms with Crippen LogP contribution in [0.5, 0.6) is 5.75 Å². The maximum atomic E-state index is 13.4. The SMILES string of the molecule is Cc1ccc(NC(=O)C(C)Oc2ccc(Br)cc2)cc1F. The quantitative estimate of drug-likeness (QED) is 0.891. The van der Waals surface area contributed by atoms with Gasteiger partial charge in [0.2, 0.25) is 0 Å². The minimum absolute atomic E-state index is 0.332. The van der Waals surface area contributed by atoms with E-state index in [1.54, 1.807) is 38.1 Å². The van der Waals surface area contributed by atoms with E-state index in [0.717, 1.165) is 4.47 Å². The zero-order chi connectivity index (χ0) is 15.4. The highest BCUT2D eigenvalue weighted by atomic mass is 79.9. The topological polar surface area (TPSA) is 38.3 Å². The normalized spacial score (nSPS) is 11.8. The lowest BCUT2D eigenvalue weighted by atomic mass is 10.2. The van der Waals surface area contributed by atoms with Gasteiger partial charge < -0.3 is 10.1 Å². The van der Waals surface area contributed by atoms with Crippen molar-refractivity contribution in [2.24, 2.45) is 0 Å². The van der Waals surface area contributed by atoms with Gasteiger partial charge in [0.15, 0.2) is 6.10 Å². The summed E-state index contributed by atoms with van der Waals surface area (Å²) in [6.45, 7) is 3.31. The Labute approximate surface area is 131 Å². The summed E-state index contributed by atoms with van der Waals surface area (Å²) in [5, 5.41) is 2.63. The fourth-order valence-corrected chi connectivity index (χ4v) is 1.95. The van der Waals surface area contributed by atoms with Crippen LogP contribution >= 0.6 is 15.9 Å². The first kappa shape index (κ1) is 15.5. The highest BCUT2D eigenvalue weighted by molar-refractivity contribution is 9.10. The number of hydrogen-bond donors (Lipinski definition) is 1. The number of ether oxygens (including phenoxy) is 1. The van der Waals surface area contributed by atoms with Crippen LogP contribution < -0.4 is 10.1 Å². The molecule has 2 rings (SSSR count). The van der Waals surface area contributed by atoms with Gasteiger partial charge in [0.25, 0.3) is 5.91 Å². The molecule has 0 aliphatic carbocycles. The van der Waals surface area contributed by atoms with Crippen molar-refractivity contribution in [1.82, 2.24) is 0 Å². The summed E-state index contributed by atoms with van der Waals surface area (Å²) in [4.78, 5) is 12.0. The van der Waals surface area contributed by atoms with Crippen molar-refractivity contribution in [3.63, 3.8) is 0 Å². The van der Waals surface area contributed by atoms with Gasteiger partial charge in [-0.15, -0.1) is 0 Å². The first-order valence-electron chi connectivity index (χ1n) is 6.45. The maximum Gasteiger partial charge on any atom is 0.265 e. The van der Waals surface area contributed by atoms with E-state index in [2.05, 4.69) is 21.2 Å². The molecule has 1 atom stereocenters. The molecule has 1 N–H and O–H groups in total. The molecule has 1 amide bonds. The van der Waals surface area contributed by atoms with Gasteiger partial charge in [0.1, 0.15) is 11.6 Å². The van der Waals surface area contributed by atoms with Crippen molar-refractivity contribution < 1.29 is 13.9 Å². The molecule has 1 unspecified atom stereocenters. The monoisotopic (exact) mass is 351 g/mol. The van der Waals surface area contributed by atoms with Gasteiger partial charge in [-0.1, -0.05) is 22.0 Å². The zero-order valence-electron chi connectivity index (χ0n) is 11.7. The van der Waals surface area contributed by atoms with Crippen molar-refractivity contribution in [1.29, 1.82) is 0 Å². The summed E-state index contributed by atoms with van der Waals surface area (Å²) < 4.78 is 19.9. The number of carbonyl (C=O) groups is 1. The van der Waals surface area contributed by atoms with Gasteiger partial charge in [-0.3, -0.25) is 4.79 Å². The van der Waals surface area contributed by atoms with E-state index in [1.165, 1.54) is 6.07 Å². The van der Waals surface area contributed by atoms with Crippen LogP contribution in [-0.4, -0.2) is 12.0 Å². The van der Waals surface area contributed by atoms with Crippen LogP contribution in [0.4, 0.5) is 10.1 Å². The van der Waals surface area contributed by atoms with E-state index < -0.39 is 6.10 Å². The molecule has 0 heterocycles. The van der Waals surface area contributed by atoms with Gasteiger partial charge in [-0.2, -0.15) is 0 Å². The Morgan fingerprint density at radius 1 is 1.24 bits per heavy atom. The standard InChI is InChI=1S/C16H15BrFNO2/c1-10-3-6-13(9-15(10)18)19-16(20)11(2)21-14-7-4-12(17)5-8-14/h3-9,11H,1-2H3,(H,19,20). The molecular weight excluding hydrogens is 337 g/mol. The van der Waals surface area contributed by atoms with Crippen LogP contribution in [0.3, 0.4) is 0 Å². The highest BCUT2D eigenvalue weighted by Gasteiger charge is 2.15. The molecule has 0 aliphatic rings. The average Bonchev–Trinajstić information content (AvgIpc) is 2.45. The summed E-state index contributed by atoms with van der Waals surface area (Å²) in [6, 6.07) is 11.7. The zero-order valence-corrected chi connectivity index (χ0v) is 13.3. The molecule has 0 spiro atoms. The lowest BCUT2D eigenvalue weighted by Crippen LogP contribution is -2.30. The van der Waals surface area contributed by atoms with E-state index in [1.807, 2.05) is 12.1 Å². The molecule has 110 valence electrons. The number of aryl methyl sites for hydroxylation is 1. The number of anilines is 1. The lowest BCUT2D eigenvalue weighted by molar-refractivity contribution is -0.122. The van der Waals surface area contributed by atoms with Crippen molar-refractivity contribution in [3.8, 4) is 5.75 Å². The van der Waals surface area contributed by atoms with E-state index in [0.29, 0.717) is 17.0 Å².